The molecule has 9 nitrogen and oxygen atoms in total. The van der Waals surface area contributed by atoms with Gasteiger partial charge in [0, 0.05) is 35.2 Å². The third kappa shape index (κ3) is 8.93. The fraction of sp³-hybridized carbons (Fsp3) is 0.325. The second-order valence-corrected chi connectivity index (χ2v) is 14.2. The Labute approximate surface area is 309 Å². The number of carboxylic acid groups (broad SMARTS) is 1. The number of aromatic carboxylic acids is 1. The lowest BCUT2D eigenvalue weighted by atomic mass is 9.91. The molecule has 278 valence electrons. The number of carbonyl (C=O) groups is 3. The number of hydrogen-bond acceptors (Lipinski definition) is 7. The number of ether oxygens (including phenoxy) is 2. The van der Waals surface area contributed by atoms with Gasteiger partial charge in [-0.1, -0.05) is 79.7 Å². The lowest BCUT2D eigenvalue weighted by molar-refractivity contribution is -0.268. The molecule has 0 aliphatic carbocycles. The predicted molar refractivity (Wildman–Crippen MR) is 192 cm³/mol. The largest absolute Gasteiger partial charge is 0.478 e. The van der Waals surface area contributed by atoms with E-state index in [1.165, 1.54) is 0 Å². The highest BCUT2D eigenvalue weighted by Crippen LogP contribution is 2.43. The summed E-state index contributed by atoms with van der Waals surface area (Å²) in [4.78, 5) is 37.7. The van der Waals surface area contributed by atoms with Gasteiger partial charge in [-0.3, -0.25) is 9.59 Å². The van der Waals surface area contributed by atoms with Gasteiger partial charge in [0.05, 0.1) is 24.4 Å². The van der Waals surface area contributed by atoms with Crippen LogP contribution in [0.15, 0.2) is 102 Å². The average molecular weight is 749 g/mol. The van der Waals surface area contributed by atoms with Crippen LogP contribution in [0.3, 0.4) is 0 Å². The topological polar surface area (TPSA) is 125 Å². The number of carboxylic acids is 1. The van der Waals surface area contributed by atoms with Crippen LogP contribution in [-0.4, -0.2) is 63.5 Å². The Hall–Kier alpha value is -4.69. The van der Waals surface area contributed by atoms with Crippen molar-refractivity contribution in [1.82, 2.24) is 10.2 Å². The second-order valence-electron chi connectivity index (χ2n) is 13.1. The van der Waals surface area contributed by atoms with Crippen LogP contribution in [0, 0.1) is 5.92 Å². The Balaban J connectivity index is 1.18. The summed E-state index contributed by atoms with van der Waals surface area (Å²) < 4.78 is 52.5. The highest BCUT2D eigenvalue weighted by Gasteiger charge is 2.47. The van der Waals surface area contributed by atoms with Crippen molar-refractivity contribution in [2.75, 3.05) is 12.3 Å². The van der Waals surface area contributed by atoms with Gasteiger partial charge in [0.25, 0.3) is 0 Å². The van der Waals surface area contributed by atoms with Gasteiger partial charge >= 0.3 is 18.1 Å². The van der Waals surface area contributed by atoms with Crippen LogP contribution < -0.4 is 5.32 Å². The monoisotopic (exact) mass is 748 g/mol. The zero-order chi connectivity index (χ0) is 37.7. The van der Waals surface area contributed by atoms with Gasteiger partial charge in [0.15, 0.2) is 6.29 Å². The third-order valence-electron chi connectivity index (χ3n) is 9.66. The molecule has 0 spiro atoms. The van der Waals surface area contributed by atoms with Crippen LogP contribution in [0.2, 0.25) is 0 Å². The number of thioether (sulfide) groups is 1. The van der Waals surface area contributed by atoms with Crippen molar-refractivity contribution in [1.29, 1.82) is 0 Å². The predicted octanol–water partition coefficient (Wildman–Crippen LogP) is 7.30. The Morgan fingerprint density at radius 2 is 1.58 bits per heavy atom. The molecule has 4 aromatic rings. The molecular weight excluding hydrogens is 710 g/mol. The highest BCUT2D eigenvalue weighted by atomic mass is 32.2. The van der Waals surface area contributed by atoms with Gasteiger partial charge in [-0.2, -0.15) is 13.2 Å². The lowest BCUT2D eigenvalue weighted by Gasteiger charge is -2.41. The summed E-state index contributed by atoms with van der Waals surface area (Å²) in [5.74, 6) is -3.09. The summed E-state index contributed by atoms with van der Waals surface area (Å²) in [7, 11) is 0. The van der Waals surface area contributed by atoms with Crippen LogP contribution in [0.4, 0.5) is 13.2 Å². The number of rotatable bonds is 11. The smallest absolute Gasteiger partial charge is 0.471 e. The molecule has 0 aromatic heterocycles. The molecule has 0 bridgehead atoms. The molecule has 6 rings (SSSR count). The normalized spacial score (nSPS) is 21.7. The van der Waals surface area contributed by atoms with Gasteiger partial charge < -0.3 is 29.9 Å². The first-order valence-electron chi connectivity index (χ1n) is 17.2. The molecule has 2 heterocycles. The fourth-order valence-electron chi connectivity index (χ4n) is 6.70. The van der Waals surface area contributed by atoms with E-state index in [0.717, 1.165) is 38.3 Å². The van der Waals surface area contributed by atoms with Crippen LogP contribution in [0.25, 0.3) is 11.1 Å². The molecule has 0 radical (unpaired) electrons. The molecule has 5 unspecified atom stereocenters. The van der Waals surface area contributed by atoms with E-state index in [0.29, 0.717) is 17.1 Å². The molecule has 0 saturated carbocycles. The molecule has 5 atom stereocenters. The number of aliphatic hydroxyl groups is 1. The number of halogens is 3. The zero-order valence-corrected chi connectivity index (χ0v) is 29.6. The van der Waals surface area contributed by atoms with E-state index >= 15 is 0 Å². The maximum Gasteiger partial charge on any atom is 0.471 e. The van der Waals surface area contributed by atoms with E-state index < -0.39 is 36.3 Å². The van der Waals surface area contributed by atoms with Crippen LogP contribution in [0.1, 0.15) is 64.8 Å². The quantitative estimate of drug-likeness (QED) is 0.137. The SMILES string of the molecule is CC1C(CSc2ccc(C(=O)O)cc2)OC(c2ccc(-c3ccccc3CNC(=O)C3CCCN3C(=O)C(F)(F)F)cc2)OC1c1ccc(CO)cc1. The molecule has 2 amide bonds. The Bertz CT molecular complexity index is 1910. The fourth-order valence-corrected chi connectivity index (χ4v) is 7.77. The summed E-state index contributed by atoms with van der Waals surface area (Å²) in [5.41, 5.74) is 5.13. The molecule has 53 heavy (non-hydrogen) atoms. The van der Waals surface area contributed by atoms with Gasteiger partial charge in [-0.05, 0) is 64.9 Å². The summed E-state index contributed by atoms with van der Waals surface area (Å²) in [6, 6.07) is 28.2. The molecule has 3 N–H and O–H groups in total. The second kappa shape index (κ2) is 16.5. The van der Waals surface area contributed by atoms with E-state index in [2.05, 4.69) is 12.2 Å². The number of benzene rings is 4. The molecule has 2 aliphatic heterocycles. The van der Waals surface area contributed by atoms with Gasteiger partial charge in [0.1, 0.15) is 6.04 Å². The minimum Gasteiger partial charge on any atom is -0.478 e. The van der Waals surface area contributed by atoms with E-state index in [1.807, 2.05) is 72.8 Å². The van der Waals surface area contributed by atoms with Crippen molar-refractivity contribution in [3.63, 3.8) is 0 Å². The van der Waals surface area contributed by atoms with Crippen molar-refractivity contribution in [2.45, 2.75) is 68.5 Å². The summed E-state index contributed by atoms with van der Waals surface area (Å²) >= 11 is 1.56. The van der Waals surface area contributed by atoms with Crippen LogP contribution >= 0.6 is 11.8 Å². The molecular formula is C40H39F3N2O7S. The molecule has 13 heteroatoms. The molecule has 2 fully saturated rings. The van der Waals surface area contributed by atoms with E-state index in [-0.39, 0.29) is 49.8 Å². The molecule has 2 saturated heterocycles. The van der Waals surface area contributed by atoms with Crippen molar-refractivity contribution in [3.8, 4) is 11.1 Å². The number of aliphatic hydroxyl groups excluding tert-OH is 1. The number of nitrogens with zero attached hydrogens (tertiary/aromatic N) is 1. The lowest BCUT2D eigenvalue weighted by Crippen LogP contribution is -2.50. The minimum atomic E-state index is -5.04. The average Bonchev–Trinajstić information content (AvgIpc) is 3.66. The Kier molecular flexibility index (Phi) is 11.9. The number of likely N-dealkylation sites (tertiary alicyclic amines) is 1. The minimum absolute atomic E-state index is 0.0544. The summed E-state index contributed by atoms with van der Waals surface area (Å²) in [6.45, 7) is 1.93. The summed E-state index contributed by atoms with van der Waals surface area (Å²) in [6.07, 6.45) is -5.85. The highest BCUT2D eigenvalue weighted by molar-refractivity contribution is 7.99. The van der Waals surface area contributed by atoms with Crippen LogP contribution in [0.5, 0.6) is 0 Å². The zero-order valence-electron chi connectivity index (χ0n) is 28.8. The van der Waals surface area contributed by atoms with E-state index in [1.54, 1.807) is 36.0 Å². The van der Waals surface area contributed by atoms with Gasteiger partial charge in [-0.15, -0.1) is 11.8 Å². The maximum absolute atomic E-state index is 13.1. The first kappa shape index (κ1) is 38.0. The number of hydrogen-bond donors (Lipinski definition) is 3. The summed E-state index contributed by atoms with van der Waals surface area (Å²) in [5, 5.41) is 21.6. The Morgan fingerprint density at radius 3 is 2.25 bits per heavy atom. The maximum atomic E-state index is 13.1. The van der Waals surface area contributed by atoms with Crippen molar-refractivity contribution in [2.24, 2.45) is 5.92 Å². The molecule has 2 aliphatic rings. The van der Waals surface area contributed by atoms with E-state index in [9.17, 15) is 37.8 Å². The molecule has 4 aromatic carbocycles. The number of nitrogens with one attached hydrogen (secondary N) is 1. The Morgan fingerprint density at radius 1 is 0.906 bits per heavy atom. The van der Waals surface area contributed by atoms with Crippen molar-refractivity contribution >= 4 is 29.5 Å². The standard InChI is InChI=1S/C40H39F3N2O7S/c1-24-34(23-53-31-18-16-28(17-19-31)37(48)49)51-38(52-35(24)27-10-8-25(22-46)9-11-27)29-14-12-26(13-15-29)32-6-3-2-5-30(32)21-44-36(47)33-7-4-20-45(33)39(50)40(41,42)43/h2-3,5-6,8-19,24,33-35,38,46H,4,7,20-23H2,1H3,(H,44,47)(H,48,49). The number of amides is 2. The first-order valence-corrected chi connectivity index (χ1v) is 18.2. The first-order chi connectivity index (χ1) is 25.4. The van der Waals surface area contributed by atoms with Crippen molar-refractivity contribution < 1.29 is 47.2 Å². The van der Waals surface area contributed by atoms with Crippen LogP contribution in [-0.2, 0) is 32.2 Å². The van der Waals surface area contributed by atoms with Crippen molar-refractivity contribution in [3.05, 3.63) is 125 Å². The number of carbonyl (C=O) groups excluding carboxylic acids is 2. The third-order valence-corrected chi connectivity index (χ3v) is 10.8. The van der Waals surface area contributed by atoms with E-state index in [4.69, 9.17) is 9.47 Å². The van der Waals surface area contributed by atoms with Gasteiger partial charge in [-0.25, -0.2) is 4.79 Å². The number of alkyl halides is 3. The van der Waals surface area contributed by atoms with Gasteiger partial charge in [0.2, 0.25) is 5.91 Å².